The van der Waals surface area contributed by atoms with Gasteiger partial charge in [0.2, 0.25) is 5.91 Å². The number of nitro benzene ring substituents is 1. The molecule has 1 aromatic carbocycles. The second-order valence-electron chi connectivity index (χ2n) is 4.85. The van der Waals surface area contributed by atoms with Gasteiger partial charge < -0.3 is 10.2 Å². The van der Waals surface area contributed by atoms with Crippen LogP contribution in [-0.2, 0) is 4.79 Å². The van der Waals surface area contributed by atoms with E-state index >= 15 is 0 Å². The molecule has 0 aliphatic carbocycles. The molecule has 21 heavy (non-hydrogen) atoms. The molecule has 0 radical (unpaired) electrons. The van der Waals surface area contributed by atoms with Gasteiger partial charge in [-0.1, -0.05) is 0 Å². The van der Waals surface area contributed by atoms with Crippen molar-refractivity contribution in [3.8, 4) is 0 Å². The minimum Gasteiger partial charge on any atom is -0.362 e. The number of likely N-dealkylation sites (N-methyl/N-ethyl adjacent to an activating group) is 1. The Morgan fingerprint density at radius 3 is 2.62 bits per heavy atom. The number of anilines is 1. The molecule has 0 fully saturated rings. The zero-order valence-electron chi connectivity index (χ0n) is 12.3. The first kappa shape index (κ1) is 16.6. The number of carbonyl (C=O) groups is 2. The van der Waals surface area contributed by atoms with Crippen molar-refractivity contribution in [2.24, 2.45) is 0 Å². The fourth-order valence-electron chi connectivity index (χ4n) is 1.95. The van der Waals surface area contributed by atoms with Gasteiger partial charge in [0.25, 0.3) is 5.69 Å². The topological polar surface area (TPSA) is 92.6 Å². The van der Waals surface area contributed by atoms with Crippen molar-refractivity contribution in [3.63, 3.8) is 0 Å². The molecular formula is C14H19N3O4. The molecule has 0 aliphatic heterocycles. The number of amides is 1. The number of non-ortho nitro benzene ring substituents is 1. The van der Waals surface area contributed by atoms with Gasteiger partial charge in [-0.3, -0.25) is 19.7 Å². The van der Waals surface area contributed by atoms with E-state index in [1.807, 2.05) is 20.8 Å². The lowest BCUT2D eigenvalue weighted by molar-refractivity contribution is -0.384. The zero-order valence-corrected chi connectivity index (χ0v) is 12.3. The van der Waals surface area contributed by atoms with Crippen molar-refractivity contribution in [2.75, 3.05) is 18.0 Å². The molecule has 0 saturated carbocycles. The first-order valence-electron chi connectivity index (χ1n) is 6.67. The maximum absolute atomic E-state index is 11.8. The summed E-state index contributed by atoms with van der Waals surface area (Å²) >= 11 is 0. The van der Waals surface area contributed by atoms with Crippen molar-refractivity contribution >= 4 is 23.6 Å². The maximum Gasteiger partial charge on any atom is 0.270 e. The molecule has 0 spiro atoms. The molecule has 0 atom stereocenters. The Balaban J connectivity index is 3.02. The number of benzene rings is 1. The lowest BCUT2D eigenvalue weighted by Crippen LogP contribution is -2.40. The van der Waals surface area contributed by atoms with Gasteiger partial charge in [0.05, 0.1) is 11.5 Å². The van der Waals surface area contributed by atoms with Crippen LogP contribution < -0.4 is 10.2 Å². The van der Waals surface area contributed by atoms with Crippen LogP contribution in [-0.4, -0.2) is 36.2 Å². The van der Waals surface area contributed by atoms with Crippen molar-refractivity contribution in [2.45, 2.75) is 26.8 Å². The summed E-state index contributed by atoms with van der Waals surface area (Å²) in [4.78, 5) is 34.8. The normalized spacial score (nSPS) is 10.3. The van der Waals surface area contributed by atoms with Crippen LogP contribution in [0.2, 0.25) is 0 Å². The Hall–Kier alpha value is -2.44. The average Bonchev–Trinajstić information content (AvgIpc) is 2.43. The van der Waals surface area contributed by atoms with Crippen LogP contribution in [0.3, 0.4) is 0 Å². The minimum atomic E-state index is -0.557. The standard InChI is InChI=1S/C14H19N3O4/c1-4-16(8-14(19)15-10(2)3)13-6-5-12(17(20)21)7-11(13)9-18/h5-7,9-10H,4,8H2,1-3H3,(H,15,19). The number of hydrogen-bond donors (Lipinski definition) is 1. The second-order valence-corrected chi connectivity index (χ2v) is 4.85. The number of rotatable bonds is 7. The van der Waals surface area contributed by atoms with Crippen LogP contribution in [0.4, 0.5) is 11.4 Å². The first-order chi connectivity index (χ1) is 9.88. The van der Waals surface area contributed by atoms with Crippen LogP contribution >= 0.6 is 0 Å². The van der Waals surface area contributed by atoms with E-state index in [1.165, 1.54) is 18.2 Å². The Morgan fingerprint density at radius 2 is 2.14 bits per heavy atom. The number of nitrogens with one attached hydrogen (secondary N) is 1. The second kappa shape index (κ2) is 7.37. The fraction of sp³-hybridized carbons (Fsp3) is 0.429. The monoisotopic (exact) mass is 293 g/mol. The van der Waals surface area contributed by atoms with Gasteiger partial charge in [0.15, 0.2) is 6.29 Å². The Kier molecular flexibility index (Phi) is 5.83. The summed E-state index contributed by atoms with van der Waals surface area (Å²) in [7, 11) is 0. The number of nitro groups is 1. The molecule has 0 heterocycles. The molecule has 1 aromatic rings. The van der Waals surface area contributed by atoms with E-state index in [0.717, 1.165) is 0 Å². The lowest BCUT2D eigenvalue weighted by Gasteiger charge is -2.24. The molecule has 0 aromatic heterocycles. The molecular weight excluding hydrogens is 274 g/mol. The predicted octanol–water partition coefficient (Wildman–Crippen LogP) is 1.76. The molecule has 0 bridgehead atoms. The van der Waals surface area contributed by atoms with Crippen molar-refractivity contribution in [1.82, 2.24) is 5.32 Å². The molecule has 1 amide bonds. The Morgan fingerprint density at radius 1 is 1.48 bits per heavy atom. The van der Waals surface area contributed by atoms with E-state index in [4.69, 9.17) is 0 Å². The minimum absolute atomic E-state index is 0.0265. The first-order valence-corrected chi connectivity index (χ1v) is 6.67. The fourth-order valence-corrected chi connectivity index (χ4v) is 1.95. The van der Waals surface area contributed by atoms with Crippen LogP contribution in [0, 0.1) is 10.1 Å². The van der Waals surface area contributed by atoms with Gasteiger partial charge in [-0.15, -0.1) is 0 Å². The van der Waals surface area contributed by atoms with E-state index in [-0.39, 0.29) is 29.7 Å². The highest BCUT2D eigenvalue weighted by atomic mass is 16.6. The van der Waals surface area contributed by atoms with Crippen LogP contribution in [0.5, 0.6) is 0 Å². The van der Waals surface area contributed by atoms with Gasteiger partial charge in [-0.2, -0.15) is 0 Å². The van der Waals surface area contributed by atoms with Crippen molar-refractivity contribution < 1.29 is 14.5 Å². The maximum atomic E-state index is 11.8. The molecule has 1 N–H and O–H groups in total. The van der Waals surface area contributed by atoms with Crippen molar-refractivity contribution in [1.29, 1.82) is 0 Å². The van der Waals surface area contributed by atoms with Crippen LogP contribution in [0.15, 0.2) is 18.2 Å². The van der Waals surface area contributed by atoms with Gasteiger partial charge in [-0.05, 0) is 26.8 Å². The van der Waals surface area contributed by atoms with E-state index < -0.39 is 4.92 Å². The number of carbonyl (C=O) groups excluding carboxylic acids is 2. The third kappa shape index (κ3) is 4.55. The summed E-state index contributed by atoms with van der Waals surface area (Å²) in [6.45, 7) is 6.16. The van der Waals surface area contributed by atoms with E-state index in [9.17, 15) is 19.7 Å². The average molecular weight is 293 g/mol. The number of hydrogen-bond acceptors (Lipinski definition) is 5. The molecule has 7 heteroatoms. The van der Waals surface area contributed by atoms with E-state index in [2.05, 4.69) is 5.32 Å². The quantitative estimate of drug-likeness (QED) is 0.470. The van der Waals surface area contributed by atoms with Gasteiger partial charge in [0.1, 0.15) is 0 Å². The highest BCUT2D eigenvalue weighted by molar-refractivity contribution is 5.88. The predicted molar refractivity (Wildman–Crippen MR) is 79.6 cm³/mol. The summed E-state index contributed by atoms with van der Waals surface area (Å²) < 4.78 is 0. The molecule has 0 saturated heterocycles. The summed E-state index contributed by atoms with van der Waals surface area (Å²) in [5, 5.41) is 13.5. The summed E-state index contributed by atoms with van der Waals surface area (Å²) in [6.07, 6.45) is 0.561. The van der Waals surface area contributed by atoms with Gasteiger partial charge >= 0.3 is 0 Å². The molecule has 7 nitrogen and oxygen atoms in total. The Bertz CT molecular complexity index is 543. The Labute approximate surface area is 123 Å². The third-order valence-electron chi connectivity index (χ3n) is 2.86. The number of nitrogens with zero attached hydrogens (tertiary/aromatic N) is 2. The lowest BCUT2D eigenvalue weighted by atomic mass is 10.1. The third-order valence-corrected chi connectivity index (χ3v) is 2.86. The highest BCUT2D eigenvalue weighted by Gasteiger charge is 2.17. The largest absolute Gasteiger partial charge is 0.362 e. The van der Waals surface area contributed by atoms with Crippen LogP contribution in [0.1, 0.15) is 31.1 Å². The van der Waals surface area contributed by atoms with Gasteiger partial charge in [0, 0.05) is 36.0 Å². The summed E-state index contributed by atoms with van der Waals surface area (Å²) in [6, 6.07) is 4.06. The molecule has 0 unspecified atom stereocenters. The molecule has 0 aliphatic rings. The van der Waals surface area contributed by atoms with Crippen molar-refractivity contribution in [3.05, 3.63) is 33.9 Å². The van der Waals surface area contributed by atoms with E-state index in [1.54, 1.807) is 4.90 Å². The zero-order chi connectivity index (χ0) is 16.0. The smallest absolute Gasteiger partial charge is 0.270 e. The SMILES string of the molecule is CCN(CC(=O)NC(C)C)c1ccc([N+](=O)[O-])cc1C=O. The van der Waals surface area contributed by atoms with Crippen LogP contribution in [0.25, 0.3) is 0 Å². The van der Waals surface area contributed by atoms with E-state index in [0.29, 0.717) is 18.5 Å². The molecule has 1 rings (SSSR count). The molecule has 114 valence electrons. The van der Waals surface area contributed by atoms with Gasteiger partial charge in [-0.25, -0.2) is 0 Å². The highest BCUT2D eigenvalue weighted by Crippen LogP contribution is 2.24. The summed E-state index contributed by atoms with van der Waals surface area (Å²) in [5.74, 6) is -0.165. The summed E-state index contributed by atoms with van der Waals surface area (Å²) in [5.41, 5.74) is 0.559. The number of aldehydes is 1.